The Kier molecular flexibility index (Phi) is 4.14. The lowest BCUT2D eigenvalue weighted by atomic mass is 10.0. The summed E-state index contributed by atoms with van der Waals surface area (Å²) in [4.78, 5) is 18.5. The molecule has 24 heavy (non-hydrogen) atoms. The van der Waals surface area contributed by atoms with Gasteiger partial charge >= 0.3 is 5.97 Å². The van der Waals surface area contributed by atoms with Crippen molar-refractivity contribution in [2.45, 2.75) is 5.92 Å². The monoisotopic (exact) mass is 391 g/mol. The van der Waals surface area contributed by atoms with Gasteiger partial charge in [-0.3, -0.25) is 9.78 Å². The molecule has 7 heteroatoms. The van der Waals surface area contributed by atoms with Gasteiger partial charge in [0.05, 0.1) is 9.85 Å². The Hall–Kier alpha value is -1.73. The van der Waals surface area contributed by atoms with E-state index in [4.69, 9.17) is 11.6 Å². The topological polar surface area (TPSA) is 50.2 Å². The van der Waals surface area contributed by atoms with E-state index in [9.17, 15) is 9.90 Å². The zero-order valence-corrected chi connectivity index (χ0v) is 15.3. The van der Waals surface area contributed by atoms with E-state index in [1.54, 1.807) is 11.7 Å². The second kappa shape index (κ2) is 6.29. The Morgan fingerprint density at radius 3 is 2.71 bits per heavy atom. The highest BCUT2D eigenvalue weighted by Crippen LogP contribution is 2.41. The second-order valence-corrected chi connectivity index (χ2v) is 8.89. The Balaban J connectivity index is 1.88. The van der Waals surface area contributed by atoms with E-state index in [0.717, 1.165) is 34.6 Å². The number of hydrogen-bond donors (Lipinski definition) is 1. The fourth-order valence-corrected chi connectivity index (χ4v) is 5.74. The van der Waals surface area contributed by atoms with Crippen molar-refractivity contribution in [1.82, 2.24) is 4.98 Å². The molecule has 3 aromatic heterocycles. The molecule has 0 radical (unpaired) electrons. The Bertz CT molecular complexity index is 1020. The third kappa shape index (κ3) is 2.75. The molecule has 1 unspecified atom stereocenters. The van der Waals surface area contributed by atoms with Crippen molar-refractivity contribution in [3.63, 3.8) is 0 Å². The summed E-state index contributed by atoms with van der Waals surface area (Å²) in [5.41, 5.74) is 2.75. The number of carbonyl (C=O) groups is 1. The first-order valence-electron chi connectivity index (χ1n) is 7.03. The summed E-state index contributed by atoms with van der Waals surface area (Å²) >= 11 is 10.5. The lowest BCUT2D eigenvalue weighted by molar-refractivity contribution is -0.137. The molecule has 0 saturated heterocycles. The highest BCUT2D eigenvalue weighted by Gasteiger charge is 2.26. The van der Waals surface area contributed by atoms with Crippen molar-refractivity contribution in [3.8, 4) is 10.4 Å². The predicted molar refractivity (Wildman–Crippen MR) is 102 cm³/mol. The van der Waals surface area contributed by atoms with Gasteiger partial charge in [-0.25, -0.2) is 0 Å². The SMILES string of the molecule is O=C(O)C(c1cncs1)c1cc2c(-c3ccc(Cl)s3)cccc2s1. The number of fused-ring (bicyclic) bond motifs is 1. The predicted octanol–water partition coefficient (Wildman–Crippen LogP) is 5.96. The van der Waals surface area contributed by atoms with Crippen LogP contribution in [0.1, 0.15) is 15.7 Å². The van der Waals surface area contributed by atoms with Crippen LogP contribution in [0.25, 0.3) is 20.5 Å². The smallest absolute Gasteiger partial charge is 0.317 e. The minimum absolute atomic E-state index is 0.672. The lowest BCUT2D eigenvalue weighted by Gasteiger charge is -2.06. The van der Waals surface area contributed by atoms with E-state index in [2.05, 4.69) is 4.98 Å². The molecular weight excluding hydrogens is 382 g/mol. The fourth-order valence-electron chi connectivity index (χ4n) is 2.65. The molecule has 0 aliphatic heterocycles. The third-order valence-corrected chi connectivity index (χ3v) is 6.96. The number of thiazole rings is 1. The maximum atomic E-state index is 11.8. The van der Waals surface area contributed by atoms with Crippen LogP contribution in [-0.2, 0) is 4.79 Å². The van der Waals surface area contributed by atoms with E-state index in [0.29, 0.717) is 0 Å². The van der Waals surface area contributed by atoms with Crippen molar-refractivity contribution < 1.29 is 9.90 Å². The number of thiophene rings is 2. The van der Waals surface area contributed by atoms with Crippen LogP contribution in [0.3, 0.4) is 0 Å². The van der Waals surface area contributed by atoms with Crippen LogP contribution in [0.4, 0.5) is 0 Å². The molecule has 0 aliphatic rings. The summed E-state index contributed by atoms with van der Waals surface area (Å²) < 4.78 is 1.81. The molecule has 1 atom stereocenters. The molecule has 0 fully saturated rings. The number of rotatable bonds is 4. The highest BCUT2D eigenvalue weighted by atomic mass is 35.5. The summed E-state index contributed by atoms with van der Waals surface area (Å²) in [7, 11) is 0. The van der Waals surface area contributed by atoms with Gasteiger partial charge in [-0.1, -0.05) is 23.7 Å². The van der Waals surface area contributed by atoms with Gasteiger partial charge in [0.1, 0.15) is 5.92 Å². The average molecular weight is 392 g/mol. The van der Waals surface area contributed by atoms with Gasteiger partial charge in [0.15, 0.2) is 0 Å². The van der Waals surface area contributed by atoms with Crippen molar-refractivity contribution in [1.29, 1.82) is 0 Å². The first-order chi connectivity index (χ1) is 11.6. The van der Waals surface area contributed by atoms with Crippen molar-refractivity contribution >= 4 is 61.7 Å². The van der Waals surface area contributed by atoms with Gasteiger partial charge < -0.3 is 5.11 Å². The number of carboxylic acids is 1. The zero-order valence-electron chi connectivity index (χ0n) is 12.1. The summed E-state index contributed by atoms with van der Waals surface area (Å²) in [5.74, 6) is -1.53. The van der Waals surface area contributed by atoms with Gasteiger partial charge in [-0.05, 0) is 24.3 Å². The van der Waals surface area contributed by atoms with Gasteiger partial charge in [0.25, 0.3) is 0 Å². The fraction of sp³-hybridized carbons (Fsp3) is 0.0588. The van der Waals surface area contributed by atoms with Crippen LogP contribution < -0.4 is 0 Å². The van der Waals surface area contributed by atoms with Crippen LogP contribution >= 0.6 is 45.6 Å². The molecule has 0 aliphatic carbocycles. The summed E-state index contributed by atoms with van der Waals surface area (Å²) in [6, 6.07) is 11.9. The largest absolute Gasteiger partial charge is 0.480 e. The molecule has 120 valence electrons. The Labute approximate surface area is 154 Å². The van der Waals surface area contributed by atoms with Crippen LogP contribution in [0.5, 0.6) is 0 Å². The third-order valence-electron chi connectivity index (χ3n) is 3.69. The van der Waals surface area contributed by atoms with Crippen LogP contribution in [0, 0.1) is 0 Å². The molecule has 4 aromatic rings. The van der Waals surface area contributed by atoms with E-state index in [-0.39, 0.29) is 0 Å². The highest BCUT2D eigenvalue weighted by molar-refractivity contribution is 7.20. The summed E-state index contributed by atoms with van der Waals surface area (Å²) in [5, 5.41) is 10.7. The molecule has 0 amide bonds. The molecule has 0 bridgehead atoms. The van der Waals surface area contributed by atoms with E-state index < -0.39 is 11.9 Å². The minimum Gasteiger partial charge on any atom is -0.480 e. The first kappa shape index (κ1) is 15.8. The van der Waals surface area contributed by atoms with Gasteiger partial charge in [0, 0.05) is 36.5 Å². The first-order valence-corrected chi connectivity index (χ1v) is 9.92. The van der Waals surface area contributed by atoms with E-state index in [1.165, 1.54) is 34.0 Å². The Morgan fingerprint density at radius 1 is 1.17 bits per heavy atom. The molecule has 3 nitrogen and oxygen atoms in total. The standard InChI is InChI=1S/C17H10ClNO2S3/c18-15-5-4-12(24-15)9-2-1-3-11-10(9)6-13(23-11)16(17(20)21)14-7-19-8-22-14/h1-8,16H,(H,20,21). The molecular formula is C17H10ClNO2S3. The van der Waals surface area contributed by atoms with E-state index in [1.807, 2.05) is 36.4 Å². The summed E-state index contributed by atoms with van der Waals surface area (Å²) in [6.45, 7) is 0. The van der Waals surface area contributed by atoms with Crippen LogP contribution in [0.2, 0.25) is 4.34 Å². The normalized spacial score (nSPS) is 12.5. The maximum Gasteiger partial charge on any atom is 0.317 e. The molecule has 1 N–H and O–H groups in total. The average Bonchev–Trinajstić information content (AvgIpc) is 3.26. The van der Waals surface area contributed by atoms with Crippen molar-refractivity contribution in [3.05, 3.63) is 62.2 Å². The number of nitrogens with zero attached hydrogens (tertiary/aromatic N) is 1. The van der Waals surface area contributed by atoms with Gasteiger partial charge in [0.2, 0.25) is 0 Å². The number of halogens is 1. The molecule has 1 aromatic carbocycles. The molecule has 0 spiro atoms. The van der Waals surface area contributed by atoms with Crippen LogP contribution in [-0.4, -0.2) is 16.1 Å². The second-order valence-electron chi connectivity index (χ2n) is 5.14. The quantitative estimate of drug-likeness (QED) is 0.467. The van der Waals surface area contributed by atoms with Crippen molar-refractivity contribution in [2.75, 3.05) is 0 Å². The number of aliphatic carboxylic acids is 1. The van der Waals surface area contributed by atoms with Gasteiger partial charge in [-0.15, -0.1) is 34.0 Å². The molecule has 3 heterocycles. The van der Waals surface area contributed by atoms with Gasteiger partial charge in [-0.2, -0.15) is 0 Å². The van der Waals surface area contributed by atoms with Crippen LogP contribution in [0.15, 0.2) is 48.1 Å². The number of benzene rings is 1. The number of aromatic nitrogens is 1. The lowest BCUT2D eigenvalue weighted by Crippen LogP contribution is -2.10. The van der Waals surface area contributed by atoms with E-state index >= 15 is 0 Å². The maximum absolute atomic E-state index is 11.8. The number of hydrogen-bond acceptors (Lipinski definition) is 5. The Morgan fingerprint density at radius 2 is 2.04 bits per heavy atom. The molecule has 4 rings (SSSR count). The minimum atomic E-state index is -0.855. The zero-order chi connectivity index (χ0) is 16.7. The molecule has 0 saturated carbocycles. The van der Waals surface area contributed by atoms with Crippen molar-refractivity contribution in [2.24, 2.45) is 0 Å². The summed E-state index contributed by atoms with van der Waals surface area (Å²) in [6.07, 6.45) is 1.63. The number of carboxylic acid groups (broad SMARTS) is 1.